The highest BCUT2D eigenvalue weighted by atomic mass is 16.6. The smallest absolute Gasteiger partial charge is 0.269 e. The molecule has 0 saturated heterocycles. The number of nitro groups is 1. The summed E-state index contributed by atoms with van der Waals surface area (Å²) in [5.74, 6) is 2.49. The summed E-state index contributed by atoms with van der Waals surface area (Å²) in [6.07, 6.45) is 5.28. The summed E-state index contributed by atoms with van der Waals surface area (Å²) < 4.78 is 5.26. The fourth-order valence-corrected chi connectivity index (χ4v) is 1.70. The number of anilines is 1. The van der Waals surface area contributed by atoms with Crippen LogP contribution >= 0.6 is 0 Å². The van der Waals surface area contributed by atoms with Crippen molar-refractivity contribution in [2.75, 3.05) is 11.9 Å². The second-order valence-electron chi connectivity index (χ2n) is 4.31. The van der Waals surface area contributed by atoms with Crippen LogP contribution < -0.4 is 10.1 Å². The summed E-state index contributed by atoms with van der Waals surface area (Å²) in [5, 5.41) is 13.2. The number of nitrogens with one attached hydrogen (secondary N) is 1. The average Bonchev–Trinajstić information content (AvgIpc) is 2.53. The first kappa shape index (κ1) is 15.1. The van der Waals surface area contributed by atoms with Crippen LogP contribution in [0.15, 0.2) is 48.5 Å². The number of nitro benzene ring substituents is 1. The minimum atomic E-state index is -0.505. The van der Waals surface area contributed by atoms with Crippen LogP contribution in [-0.2, 0) is 4.79 Å². The SMILES string of the molecule is C#Cc1cccc(NC(=O)COc2ccc([N+](=O)[O-])cc2)c1. The molecule has 1 amide bonds. The lowest BCUT2D eigenvalue weighted by atomic mass is 10.2. The van der Waals surface area contributed by atoms with E-state index < -0.39 is 4.92 Å². The van der Waals surface area contributed by atoms with Crippen molar-refractivity contribution in [1.82, 2.24) is 0 Å². The molecule has 6 heteroatoms. The monoisotopic (exact) mass is 296 g/mol. The van der Waals surface area contributed by atoms with Crippen LogP contribution in [0.25, 0.3) is 0 Å². The van der Waals surface area contributed by atoms with Gasteiger partial charge in [0.15, 0.2) is 6.61 Å². The standard InChI is InChI=1S/C16H12N2O4/c1-2-12-4-3-5-13(10-12)17-16(19)11-22-15-8-6-14(7-9-15)18(20)21/h1,3-10H,11H2,(H,17,19). The molecule has 22 heavy (non-hydrogen) atoms. The summed E-state index contributed by atoms with van der Waals surface area (Å²) in [7, 11) is 0. The van der Waals surface area contributed by atoms with Gasteiger partial charge in [-0.1, -0.05) is 12.0 Å². The van der Waals surface area contributed by atoms with Crippen LogP contribution in [-0.4, -0.2) is 17.4 Å². The topological polar surface area (TPSA) is 81.5 Å². The van der Waals surface area contributed by atoms with E-state index in [9.17, 15) is 14.9 Å². The molecule has 0 heterocycles. The zero-order valence-corrected chi connectivity index (χ0v) is 11.5. The number of amides is 1. The lowest BCUT2D eigenvalue weighted by Gasteiger charge is -2.07. The quantitative estimate of drug-likeness (QED) is 0.522. The van der Waals surface area contributed by atoms with Gasteiger partial charge in [0.1, 0.15) is 5.75 Å². The van der Waals surface area contributed by atoms with Crippen molar-refractivity contribution in [3.8, 4) is 18.1 Å². The van der Waals surface area contributed by atoms with E-state index in [0.29, 0.717) is 17.0 Å². The molecular weight excluding hydrogens is 284 g/mol. The summed E-state index contributed by atoms with van der Waals surface area (Å²) in [4.78, 5) is 21.8. The zero-order chi connectivity index (χ0) is 15.9. The molecule has 0 aliphatic rings. The molecule has 0 spiro atoms. The fourth-order valence-electron chi connectivity index (χ4n) is 1.70. The van der Waals surface area contributed by atoms with Crippen molar-refractivity contribution >= 4 is 17.3 Å². The molecule has 2 aromatic carbocycles. The molecule has 0 fully saturated rings. The van der Waals surface area contributed by atoms with E-state index in [1.165, 1.54) is 24.3 Å². The molecular formula is C16H12N2O4. The van der Waals surface area contributed by atoms with Gasteiger partial charge in [0.05, 0.1) is 4.92 Å². The van der Waals surface area contributed by atoms with Gasteiger partial charge in [0.2, 0.25) is 0 Å². The van der Waals surface area contributed by atoms with Gasteiger partial charge < -0.3 is 10.1 Å². The van der Waals surface area contributed by atoms with Crippen LogP contribution in [0.4, 0.5) is 11.4 Å². The number of carbonyl (C=O) groups is 1. The van der Waals surface area contributed by atoms with Crippen molar-refractivity contribution in [3.63, 3.8) is 0 Å². The largest absolute Gasteiger partial charge is 0.484 e. The van der Waals surface area contributed by atoms with E-state index in [1.54, 1.807) is 24.3 Å². The van der Waals surface area contributed by atoms with Gasteiger partial charge in [-0.05, 0) is 30.3 Å². The van der Waals surface area contributed by atoms with E-state index in [4.69, 9.17) is 11.2 Å². The normalized spacial score (nSPS) is 9.59. The van der Waals surface area contributed by atoms with Crippen molar-refractivity contribution in [1.29, 1.82) is 0 Å². The number of rotatable bonds is 5. The number of hydrogen-bond donors (Lipinski definition) is 1. The molecule has 0 bridgehead atoms. The molecule has 1 N–H and O–H groups in total. The summed E-state index contributed by atoms with van der Waals surface area (Å²) in [6, 6.07) is 12.4. The molecule has 0 aromatic heterocycles. The first-order valence-corrected chi connectivity index (χ1v) is 6.32. The molecule has 2 rings (SSSR count). The lowest BCUT2D eigenvalue weighted by molar-refractivity contribution is -0.384. The third-order valence-corrected chi connectivity index (χ3v) is 2.73. The van der Waals surface area contributed by atoms with Crippen LogP contribution in [0.1, 0.15) is 5.56 Å². The van der Waals surface area contributed by atoms with Crippen molar-refractivity contribution in [3.05, 3.63) is 64.2 Å². The van der Waals surface area contributed by atoms with E-state index in [0.717, 1.165) is 0 Å². The molecule has 2 aromatic rings. The van der Waals surface area contributed by atoms with Crippen molar-refractivity contribution in [2.45, 2.75) is 0 Å². The fraction of sp³-hybridized carbons (Fsp3) is 0.0625. The van der Waals surface area contributed by atoms with Gasteiger partial charge in [-0.2, -0.15) is 0 Å². The number of non-ortho nitro benzene ring substituents is 1. The van der Waals surface area contributed by atoms with Crippen LogP contribution in [0.3, 0.4) is 0 Å². The van der Waals surface area contributed by atoms with E-state index in [1.807, 2.05) is 0 Å². The Balaban J connectivity index is 1.89. The Morgan fingerprint density at radius 2 is 2.00 bits per heavy atom. The maximum atomic E-state index is 11.8. The highest BCUT2D eigenvalue weighted by Gasteiger charge is 2.07. The number of benzene rings is 2. The predicted molar refractivity (Wildman–Crippen MR) is 81.6 cm³/mol. The van der Waals surface area contributed by atoms with Gasteiger partial charge in [0, 0.05) is 23.4 Å². The van der Waals surface area contributed by atoms with Crippen LogP contribution in [0.5, 0.6) is 5.75 Å². The molecule has 0 unspecified atom stereocenters. The molecule has 0 aliphatic carbocycles. The summed E-state index contributed by atoms with van der Waals surface area (Å²) in [5.41, 5.74) is 1.20. The second-order valence-corrected chi connectivity index (χ2v) is 4.31. The van der Waals surface area contributed by atoms with Gasteiger partial charge in [-0.3, -0.25) is 14.9 Å². The molecule has 0 radical (unpaired) electrons. The minimum absolute atomic E-state index is 0.0390. The first-order valence-electron chi connectivity index (χ1n) is 6.32. The predicted octanol–water partition coefficient (Wildman–Crippen LogP) is 2.59. The third kappa shape index (κ3) is 4.08. The lowest BCUT2D eigenvalue weighted by Crippen LogP contribution is -2.20. The highest BCUT2D eigenvalue weighted by Crippen LogP contribution is 2.17. The van der Waals surface area contributed by atoms with Crippen LogP contribution in [0.2, 0.25) is 0 Å². The summed E-state index contributed by atoms with van der Waals surface area (Å²) >= 11 is 0. The Kier molecular flexibility index (Phi) is 4.73. The zero-order valence-electron chi connectivity index (χ0n) is 11.5. The number of ether oxygens (including phenoxy) is 1. The highest BCUT2D eigenvalue weighted by molar-refractivity contribution is 5.92. The second kappa shape index (κ2) is 6.90. The maximum absolute atomic E-state index is 11.8. The first-order chi connectivity index (χ1) is 10.6. The van der Waals surface area contributed by atoms with E-state index in [-0.39, 0.29) is 18.2 Å². The van der Waals surface area contributed by atoms with Gasteiger partial charge in [-0.15, -0.1) is 6.42 Å². The van der Waals surface area contributed by atoms with Crippen molar-refractivity contribution in [2.24, 2.45) is 0 Å². The number of nitrogens with zero attached hydrogens (tertiary/aromatic N) is 1. The summed E-state index contributed by atoms with van der Waals surface area (Å²) in [6.45, 7) is -0.210. The van der Waals surface area contributed by atoms with E-state index in [2.05, 4.69) is 11.2 Å². The Labute approximate surface area is 126 Å². The molecule has 0 saturated carbocycles. The van der Waals surface area contributed by atoms with Crippen molar-refractivity contribution < 1.29 is 14.5 Å². The van der Waals surface area contributed by atoms with E-state index >= 15 is 0 Å². The van der Waals surface area contributed by atoms with Gasteiger partial charge in [0.25, 0.3) is 11.6 Å². The molecule has 6 nitrogen and oxygen atoms in total. The molecule has 0 aliphatic heterocycles. The Bertz CT molecular complexity index is 733. The molecule has 110 valence electrons. The Morgan fingerprint density at radius 3 is 2.64 bits per heavy atom. The van der Waals surface area contributed by atoms with Crippen LogP contribution in [0, 0.1) is 22.5 Å². The third-order valence-electron chi connectivity index (χ3n) is 2.73. The Morgan fingerprint density at radius 1 is 1.27 bits per heavy atom. The number of terminal acetylenes is 1. The maximum Gasteiger partial charge on any atom is 0.269 e. The van der Waals surface area contributed by atoms with Gasteiger partial charge in [-0.25, -0.2) is 0 Å². The van der Waals surface area contributed by atoms with Gasteiger partial charge >= 0.3 is 0 Å². The Hall–Kier alpha value is -3.33. The molecule has 0 atom stereocenters. The average molecular weight is 296 g/mol. The number of hydrogen-bond acceptors (Lipinski definition) is 4. The minimum Gasteiger partial charge on any atom is -0.484 e. The number of carbonyl (C=O) groups excluding carboxylic acids is 1.